The molecule has 9 heteroatoms. The van der Waals surface area contributed by atoms with Gasteiger partial charge in [0.2, 0.25) is 0 Å². The number of nitrogen functional groups attached to an aromatic ring is 2. The molecule has 0 bridgehead atoms. The van der Waals surface area contributed by atoms with Gasteiger partial charge in [-0.1, -0.05) is 35.3 Å². The molecular weight excluding hydrogens is 442 g/mol. The third-order valence-electron chi connectivity index (χ3n) is 4.78. The molecule has 0 radical (unpaired) electrons. The van der Waals surface area contributed by atoms with E-state index in [9.17, 15) is 4.79 Å². The van der Waals surface area contributed by atoms with Crippen LogP contribution in [0.1, 0.15) is 34.1 Å². The van der Waals surface area contributed by atoms with E-state index >= 15 is 0 Å². The van der Waals surface area contributed by atoms with Crippen LogP contribution in [0.15, 0.2) is 24.3 Å². The maximum absolute atomic E-state index is 13.5. The lowest BCUT2D eigenvalue weighted by atomic mass is 9.83. The second kappa shape index (κ2) is 10.0. The van der Waals surface area contributed by atoms with E-state index in [0.717, 1.165) is 0 Å². The number of carbonyl (C=O) groups excluding carboxylic acids is 1. The van der Waals surface area contributed by atoms with Crippen LogP contribution in [0.5, 0.6) is 0 Å². The summed E-state index contributed by atoms with van der Waals surface area (Å²) in [6.07, 6.45) is 0. The van der Waals surface area contributed by atoms with E-state index in [1.165, 1.54) is 0 Å². The molecule has 2 unspecified atom stereocenters. The molecule has 0 saturated heterocycles. The lowest BCUT2D eigenvalue weighted by molar-refractivity contribution is -0.121. The number of alkyl halides is 2. The van der Waals surface area contributed by atoms with Gasteiger partial charge in [-0.05, 0) is 23.3 Å². The summed E-state index contributed by atoms with van der Waals surface area (Å²) in [7, 11) is 0. The van der Waals surface area contributed by atoms with Crippen molar-refractivity contribution in [3.63, 3.8) is 0 Å². The predicted molar refractivity (Wildman–Crippen MR) is 119 cm³/mol. The van der Waals surface area contributed by atoms with E-state index in [1.807, 2.05) is 0 Å². The SMILES string of the molecule is NCc1ccc(Cl)c(C(CCl)C(=O)C(CCl)c2c(Cl)ccc(CN)c2N)c1N. The molecule has 8 N–H and O–H groups in total. The van der Waals surface area contributed by atoms with Crippen molar-refractivity contribution in [2.75, 3.05) is 23.2 Å². The normalized spacial score (nSPS) is 13.4. The van der Waals surface area contributed by atoms with Gasteiger partial charge in [-0.15, -0.1) is 23.2 Å². The van der Waals surface area contributed by atoms with Crippen molar-refractivity contribution in [1.82, 2.24) is 0 Å². The zero-order chi connectivity index (χ0) is 21.0. The second-order valence-corrected chi connectivity index (χ2v) is 7.72. The minimum Gasteiger partial charge on any atom is -0.398 e. The average Bonchev–Trinajstić information content (AvgIpc) is 2.68. The quantitative estimate of drug-likeness (QED) is 0.348. The van der Waals surface area contributed by atoms with Gasteiger partial charge in [0, 0.05) is 57.4 Å². The van der Waals surface area contributed by atoms with Crippen molar-refractivity contribution in [2.24, 2.45) is 11.5 Å². The van der Waals surface area contributed by atoms with Crippen LogP contribution in [0, 0.1) is 0 Å². The highest BCUT2D eigenvalue weighted by Gasteiger charge is 2.34. The molecule has 0 amide bonds. The van der Waals surface area contributed by atoms with Gasteiger partial charge < -0.3 is 22.9 Å². The van der Waals surface area contributed by atoms with Gasteiger partial charge in [-0.2, -0.15) is 0 Å². The standard InChI is InChI=1S/C19H22Cl4N4O/c20-5-11(15-13(22)3-1-9(7-24)17(15)26)19(28)12(6-21)16-14(23)4-2-10(8-25)18(16)27/h1-4,11-12H,5-8,24-27H2. The summed E-state index contributed by atoms with van der Waals surface area (Å²) >= 11 is 25.0. The number of hydrogen-bond acceptors (Lipinski definition) is 5. The Morgan fingerprint density at radius 3 is 1.43 bits per heavy atom. The van der Waals surface area contributed by atoms with Gasteiger partial charge in [0.05, 0.1) is 11.8 Å². The molecular formula is C19H22Cl4N4O. The first-order chi connectivity index (χ1) is 13.3. The van der Waals surface area contributed by atoms with E-state index in [0.29, 0.717) is 43.7 Å². The monoisotopic (exact) mass is 462 g/mol. The van der Waals surface area contributed by atoms with Crippen LogP contribution in [0.25, 0.3) is 0 Å². The summed E-state index contributed by atoms with van der Waals surface area (Å²) in [6.45, 7) is 0.408. The summed E-state index contributed by atoms with van der Waals surface area (Å²) in [5.74, 6) is -1.98. The van der Waals surface area contributed by atoms with Crippen LogP contribution in [0.4, 0.5) is 11.4 Å². The number of Topliss-reactive ketones (excluding diaryl/α,β-unsaturated/α-hetero) is 1. The van der Waals surface area contributed by atoms with Crippen LogP contribution in [-0.2, 0) is 17.9 Å². The molecule has 2 aromatic carbocycles. The minimum atomic E-state index is -0.804. The lowest BCUT2D eigenvalue weighted by Gasteiger charge is -2.25. The number of carbonyl (C=O) groups is 1. The summed E-state index contributed by atoms with van der Waals surface area (Å²) in [5.41, 5.74) is 26.8. The number of hydrogen-bond donors (Lipinski definition) is 4. The Morgan fingerprint density at radius 2 is 1.14 bits per heavy atom. The van der Waals surface area contributed by atoms with Gasteiger partial charge in [-0.3, -0.25) is 4.79 Å². The minimum absolute atomic E-state index is 0.0434. The first-order valence-corrected chi connectivity index (χ1v) is 10.3. The Labute approximate surface area is 184 Å². The number of benzene rings is 2. The molecule has 0 aliphatic rings. The van der Waals surface area contributed by atoms with Crippen molar-refractivity contribution < 1.29 is 4.79 Å². The summed E-state index contributed by atoms with van der Waals surface area (Å²) in [4.78, 5) is 13.5. The number of ketones is 1. The van der Waals surface area contributed by atoms with E-state index in [-0.39, 0.29) is 30.6 Å². The van der Waals surface area contributed by atoms with Crippen LogP contribution in [0.2, 0.25) is 10.0 Å². The Bertz CT molecular complexity index is 806. The van der Waals surface area contributed by atoms with Gasteiger partial charge in [0.1, 0.15) is 5.78 Å². The largest absolute Gasteiger partial charge is 0.398 e. The second-order valence-electron chi connectivity index (χ2n) is 6.29. The van der Waals surface area contributed by atoms with E-state index in [2.05, 4.69) is 0 Å². The molecule has 0 heterocycles. The van der Waals surface area contributed by atoms with Crippen LogP contribution in [0.3, 0.4) is 0 Å². The third kappa shape index (κ3) is 4.35. The van der Waals surface area contributed by atoms with Gasteiger partial charge in [0.25, 0.3) is 0 Å². The van der Waals surface area contributed by atoms with E-state index < -0.39 is 11.8 Å². The van der Waals surface area contributed by atoms with Gasteiger partial charge >= 0.3 is 0 Å². The zero-order valence-corrected chi connectivity index (χ0v) is 18.0. The predicted octanol–water partition coefficient (Wildman–Crippen LogP) is 3.99. The Kier molecular flexibility index (Phi) is 8.25. The van der Waals surface area contributed by atoms with Crippen LogP contribution < -0.4 is 22.9 Å². The van der Waals surface area contributed by atoms with Crippen LogP contribution >= 0.6 is 46.4 Å². The fourth-order valence-corrected chi connectivity index (χ4v) is 4.41. The van der Waals surface area contributed by atoms with Crippen molar-refractivity contribution in [3.05, 3.63) is 56.6 Å². The third-order valence-corrected chi connectivity index (χ3v) is 6.06. The molecule has 0 aromatic heterocycles. The Morgan fingerprint density at radius 1 is 0.786 bits per heavy atom. The molecule has 152 valence electrons. The molecule has 2 atom stereocenters. The molecule has 2 rings (SSSR count). The summed E-state index contributed by atoms with van der Waals surface area (Å²) in [6, 6.07) is 6.73. The van der Waals surface area contributed by atoms with Gasteiger partial charge in [0.15, 0.2) is 0 Å². The first-order valence-electron chi connectivity index (χ1n) is 8.51. The number of nitrogens with two attached hydrogens (primary N) is 4. The summed E-state index contributed by atoms with van der Waals surface area (Å²) in [5, 5.41) is 0.661. The Hall–Kier alpha value is -1.21. The molecule has 28 heavy (non-hydrogen) atoms. The highest BCUT2D eigenvalue weighted by atomic mass is 35.5. The number of anilines is 2. The molecule has 0 aliphatic heterocycles. The van der Waals surface area contributed by atoms with Gasteiger partial charge in [-0.25, -0.2) is 0 Å². The van der Waals surface area contributed by atoms with E-state index in [1.54, 1.807) is 24.3 Å². The fourth-order valence-electron chi connectivity index (χ4n) is 3.21. The maximum atomic E-state index is 13.5. The van der Waals surface area contributed by atoms with Crippen molar-refractivity contribution in [3.8, 4) is 0 Å². The highest BCUT2D eigenvalue weighted by molar-refractivity contribution is 6.33. The van der Waals surface area contributed by atoms with Crippen molar-refractivity contribution in [2.45, 2.75) is 24.9 Å². The smallest absolute Gasteiger partial charge is 0.150 e. The topological polar surface area (TPSA) is 121 Å². The molecule has 0 saturated carbocycles. The molecule has 0 aliphatic carbocycles. The maximum Gasteiger partial charge on any atom is 0.150 e. The van der Waals surface area contributed by atoms with Crippen LogP contribution in [-0.4, -0.2) is 17.5 Å². The highest BCUT2D eigenvalue weighted by Crippen LogP contribution is 2.40. The van der Waals surface area contributed by atoms with E-state index in [4.69, 9.17) is 69.3 Å². The molecule has 2 aromatic rings. The fraction of sp³-hybridized carbons (Fsp3) is 0.316. The molecule has 0 spiro atoms. The summed E-state index contributed by atoms with van der Waals surface area (Å²) < 4.78 is 0. The molecule has 0 fully saturated rings. The van der Waals surface area contributed by atoms with Crippen molar-refractivity contribution in [1.29, 1.82) is 0 Å². The zero-order valence-electron chi connectivity index (χ0n) is 15.0. The number of halogens is 4. The average molecular weight is 464 g/mol. The number of rotatable bonds is 8. The van der Waals surface area contributed by atoms with Crippen molar-refractivity contribution >= 4 is 63.6 Å². The Balaban J connectivity index is 2.59. The molecule has 5 nitrogen and oxygen atoms in total. The first kappa shape index (κ1) is 23.1. The lowest BCUT2D eigenvalue weighted by Crippen LogP contribution is -2.26.